The highest BCUT2D eigenvalue weighted by Crippen LogP contribution is 2.20. The van der Waals surface area contributed by atoms with Crippen LogP contribution < -0.4 is 0 Å². The van der Waals surface area contributed by atoms with Crippen molar-refractivity contribution in [1.82, 2.24) is 4.98 Å². The smallest absolute Gasteiger partial charge is 0.330 e. The van der Waals surface area contributed by atoms with Gasteiger partial charge in [-0.05, 0) is 56.2 Å². The van der Waals surface area contributed by atoms with Crippen LogP contribution in [0.5, 0.6) is 0 Å². The molecule has 0 atom stereocenters. The van der Waals surface area contributed by atoms with Gasteiger partial charge in [0.25, 0.3) is 0 Å². The molecule has 0 bridgehead atoms. The van der Waals surface area contributed by atoms with Crippen molar-refractivity contribution in [3.8, 4) is 0 Å². The summed E-state index contributed by atoms with van der Waals surface area (Å²) >= 11 is 0. The fraction of sp³-hybridized carbons (Fsp3) is 0.250. The number of benzene rings is 1. The van der Waals surface area contributed by atoms with Gasteiger partial charge < -0.3 is 4.74 Å². The van der Waals surface area contributed by atoms with E-state index in [-0.39, 0.29) is 5.97 Å². The standard InChI is InChI=1S/C16H17NO2/c1-4-19-16(18)8-6-13-5-7-15-14(10-13)11(2)9-12(3)17-15/h5-10H,4H2,1-3H3/b8-6+. The largest absolute Gasteiger partial charge is 0.463 e. The molecule has 0 aliphatic heterocycles. The van der Waals surface area contributed by atoms with E-state index in [9.17, 15) is 4.79 Å². The first-order chi connectivity index (χ1) is 9.10. The van der Waals surface area contributed by atoms with Crippen molar-refractivity contribution in [2.24, 2.45) is 0 Å². The van der Waals surface area contributed by atoms with Crippen LogP contribution in [0.1, 0.15) is 23.7 Å². The Morgan fingerprint density at radius 1 is 1.32 bits per heavy atom. The zero-order valence-corrected chi connectivity index (χ0v) is 11.4. The third-order valence-corrected chi connectivity index (χ3v) is 2.87. The second-order valence-electron chi connectivity index (χ2n) is 4.44. The van der Waals surface area contributed by atoms with Gasteiger partial charge in [-0.2, -0.15) is 0 Å². The summed E-state index contributed by atoms with van der Waals surface area (Å²) in [6.07, 6.45) is 3.21. The lowest BCUT2D eigenvalue weighted by Gasteiger charge is -2.04. The van der Waals surface area contributed by atoms with Crippen LogP contribution in [0.25, 0.3) is 17.0 Å². The number of hydrogen-bond acceptors (Lipinski definition) is 3. The molecule has 1 aromatic heterocycles. The number of hydrogen-bond donors (Lipinski definition) is 0. The molecular weight excluding hydrogens is 238 g/mol. The minimum absolute atomic E-state index is 0.318. The maximum atomic E-state index is 11.3. The molecule has 0 spiro atoms. The number of ether oxygens (including phenoxy) is 1. The van der Waals surface area contributed by atoms with Crippen LogP contribution >= 0.6 is 0 Å². The Hall–Kier alpha value is -2.16. The average molecular weight is 255 g/mol. The van der Waals surface area contributed by atoms with Gasteiger partial charge in [0.05, 0.1) is 12.1 Å². The van der Waals surface area contributed by atoms with Gasteiger partial charge in [0.1, 0.15) is 0 Å². The Balaban J connectivity index is 2.34. The molecule has 3 nitrogen and oxygen atoms in total. The lowest BCUT2D eigenvalue weighted by atomic mass is 10.1. The summed E-state index contributed by atoms with van der Waals surface area (Å²) < 4.78 is 4.85. The van der Waals surface area contributed by atoms with Gasteiger partial charge in [0.2, 0.25) is 0 Å². The van der Waals surface area contributed by atoms with Crippen LogP contribution in [0, 0.1) is 13.8 Å². The molecule has 1 aromatic carbocycles. The molecular formula is C16H17NO2. The monoisotopic (exact) mass is 255 g/mol. The van der Waals surface area contributed by atoms with Crippen LogP contribution in [0.15, 0.2) is 30.3 Å². The fourth-order valence-electron chi connectivity index (χ4n) is 2.04. The number of carbonyl (C=O) groups excluding carboxylic acids is 1. The van der Waals surface area contributed by atoms with E-state index in [4.69, 9.17) is 4.74 Å². The highest BCUT2D eigenvalue weighted by molar-refractivity contribution is 5.89. The molecule has 0 amide bonds. The van der Waals surface area contributed by atoms with Crippen molar-refractivity contribution >= 4 is 22.9 Å². The Bertz CT molecular complexity index is 644. The van der Waals surface area contributed by atoms with E-state index in [1.165, 1.54) is 11.6 Å². The van der Waals surface area contributed by atoms with Crippen molar-refractivity contribution in [2.45, 2.75) is 20.8 Å². The van der Waals surface area contributed by atoms with Crippen LogP contribution in [0.2, 0.25) is 0 Å². The minimum Gasteiger partial charge on any atom is -0.463 e. The SMILES string of the molecule is CCOC(=O)/C=C/c1ccc2nc(C)cc(C)c2c1. The third-order valence-electron chi connectivity index (χ3n) is 2.87. The van der Waals surface area contributed by atoms with E-state index in [0.29, 0.717) is 6.61 Å². The topological polar surface area (TPSA) is 39.2 Å². The van der Waals surface area contributed by atoms with Crippen LogP contribution in [-0.2, 0) is 9.53 Å². The zero-order valence-electron chi connectivity index (χ0n) is 11.4. The number of pyridine rings is 1. The number of aromatic nitrogens is 1. The predicted molar refractivity (Wildman–Crippen MR) is 76.9 cm³/mol. The Morgan fingerprint density at radius 2 is 2.11 bits per heavy atom. The van der Waals surface area contributed by atoms with Crippen LogP contribution in [0.3, 0.4) is 0 Å². The van der Waals surface area contributed by atoms with Crippen LogP contribution in [0.4, 0.5) is 0 Å². The van der Waals surface area contributed by atoms with Gasteiger partial charge in [0, 0.05) is 17.2 Å². The van der Waals surface area contributed by atoms with Gasteiger partial charge in [0.15, 0.2) is 0 Å². The van der Waals surface area contributed by atoms with Crippen molar-refractivity contribution in [3.05, 3.63) is 47.2 Å². The molecule has 0 aliphatic rings. The van der Waals surface area contributed by atoms with E-state index < -0.39 is 0 Å². The normalized spacial score (nSPS) is 11.1. The molecule has 0 N–H and O–H groups in total. The second-order valence-corrected chi connectivity index (χ2v) is 4.44. The summed E-state index contributed by atoms with van der Waals surface area (Å²) in [5.41, 5.74) is 4.15. The summed E-state index contributed by atoms with van der Waals surface area (Å²) in [5, 5.41) is 1.11. The minimum atomic E-state index is -0.318. The lowest BCUT2D eigenvalue weighted by molar-refractivity contribution is -0.137. The molecule has 0 saturated carbocycles. The quantitative estimate of drug-likeness (QED) is 0.623. The van der Waals surface area contributed by atoms with E-state index in [1.54, 1.807) is 13.0 Å². The number of rotatable bonds is 3. The van der Waals surface area contributed by atoms with E-state index in [2.05, 4.69) is 18.0 Å². The lowest BCUT2D eigenvalue weighted by Crippen LogP contribution is -1.98. The molecule has 19 heavy (non-hydrogen) atoms. The molecule has 0 unspecified atom stereocenters. The van der Waals surface area contributed by atoms with Gasteiger partial charge in [-0.1, -0.05) is 6.07 Å². The maximum absolute atomic E-state index is 11.3. The number of nitrogens with zero attached hydrogens (tertiary/aromatic N) is 1. The van der Waals surface area contributed by atoms with Gasteiger partial charge in [-0.3, -0.25) is 4.98 Å². The summed E-state index contributed by atoms with van der Waals surface area (Å²) in [4.78, 5) is 15.8. The average Bonchev–Trinajstić information content (AvgIpc) is 2.37. The molecule has 2 aromatic rings. The summed E-state index contributed by atoms with van der Waals surface area (Å²) in [5.74, 6) is -0.318. The highest BCUT2D eigenvalue weighted by Gasteiger charge is 2.01. The first kappa shape index (κ1) is 13.3. The zero-order chi connectivity index (χ0) is 13.8. The molecule has 2 rings (SSSR count). The van der Waals surface area contributed by atoms with E-state index in [1.807, 2.05) is 25.1 Å². The molecule has 1 heterocycles. The Labute approximate surface area is 112 Å². The second kappa shape index (κ2) is 5.65. The van der Waals surface area contributed by atoms with Crippen molar-refractivity contribution < 1.29 is 9.53 Å². The van der Waals surface area contributed by atoms with Gasteiger partial charge in [-0.15, -0.1) is 0 Å². The first-order valence-corrected chi connectivity index (χ1v) is 6.33. The molecule has 0 radical (unpaired) electrons. The van der Waals surface area contributed by atoms with E-state index >= 15 is 0 Å². The Kier molecular flexibility index (Phi) is 3.95. The summed E-state index contributed by atoms with van der Waals surface area (Å²) in [6.45, 7) is 6.24. The van der Waals surface area contributed by atoms with Gasteiger partial charge >= 0.3 is 5.97 Å². The Morgan fingerprint density at radius 3 is 2.84 bits per heavy atom. The highest BCUT2D eigenvalue weighted by atomic mass is 16.5. The molecule has 0 saturated heterocycles. The summed E-state index contributed by atoms with van der Waals surface area (Å²) in [7, 11) is 0. The summed E-state index contributed by atoms with van der Waals surface area (Å²) in [6, 6.07) is 8.01. The predicted octanol–water partition coefficient (Wildman–Crippen LogP) is 3.43. The number of aryl methyl sites for hydroxylation is 2. The molecule has 0 aliphatic carbocycles. The van der Waals surface area contributed by atoms with Gasteiger partial charge in [-0.25, -0.2) is 4.79 Å². The van der Waals surface area contributed by atoms with Crippen LogP contribution in [-0.4, -0.2) is 17.6 Å². The van der Waals surface area contributed by atoms with E-state index in [0.717, 1.165) is 22.2 Å². The van der Waals surface area contributed by atoms with Crippen molar-refractivity contribution in [2.75, 3.05) is 6.61 Å². The number of carbonyl (C=O) groups is 1. The van der Waals surface area contributed by atoms with Crippen molar-refractivity contribution in [3.63, 3.8) is 0 Å². The molecule has 3 heteroatoms. The number of esters is 1. The maximum Gasteiger partial charge on any atom is 0.330 e. The molecule has 0 fully saturated rings. The fourth-order valence-corrected chi connectivity index (χ4v) is 2.04. The third kappa shape index (κ3) is 3.19. The van der Waals surface area contributed by atoms with Crippen molar-refractivity contribution in [1.29, 1.82) is 0 Å². The molecule has 98 valence electrons. The number of fused-ring (bicyclic) bond motifs is 1. The first-order valence-electron chi connectivity index (χ1n) is 6.33.